The van der Waals surface area contributed by atoms with Crippen LogP contribution in [-0.4, -0.2) is 16.5 Å². The van der Waals surface area contributed by atoms with Gasteiger partial charge in [0.05, 0.1) is 11.3 Å². The predicted molar refractivity (Wildman–Crippen MR) is 48.2 cm³/mol. The van der Waals surface area contributed by atoms with Gasteiger partial charge in [-0.15, -0.1) is 0 Å². The van der Waals surface area contributed by atoms with Gasteiger partial charge < -0.3 is 5.43 Å². The molecule has 2 unspecified atom stereocenters. The van der Waals surface area contributed by atoms with E-state index in [2.05, 4.69) is 22.6 Å². The Labute approximate surface area is 69.4 Å². The number of thioether (sulfide) groups is 1. The van der Waals surface area contributed by atoms with Gasteiger partial charge in [0, 0.05) is 0 Å². The second-order valence-corrected chi connectivity index (χ2v) is 3.59. The number of aliphatic imine (C=N–C) groups is 1. The highest BCUT2D eigenvalue weighted by molar-refractivity contribution is 8.14. The monoisotopic (exact) mass is 167 g/mol. The molecule has 1 aliphatic carbocycles. The molecule has 3 nitrogen and oxygen atoms in total. The molecule has 0 aromatic heterocycles. The van der Waals surface area contributed by atoms with E-state index < -0.39 is 0 Å². The topological polar surface area (TPSA) is 50.4 Å². The van der Waals surface area contributed by atoms with Crippen LogP contribution in [0.4, 0.5) is 0 Å². The standard InChI is InChI=1S/C7H9N3S/c8-10-7-9-5-3-1-2-4-6(5)11-7/h1-6H,8H2,(H,9,10). The first-order valence-electron chi connectivity index (χ1n) is 3.46. The molecule has 1 aliphatic heterocycles. The van der Waals surface area contributed by atoms with Crippen molar-refractivity contribution < 1.29 is 0 Å². The molecule has 2 aliphatic rings. The Hall–Kier alpha value is -0.740. The van der Waals surface area contributed by atoms with Gasteiger partial charge >= 0.3 is 0 Å². The molecule has 0 aromatic carbocycles. The van der Waals surface area contributed by atoms with Gasteiger partial charge in [-0.3, -0.25) is 4.99 Å². The fourth-order valence-corrected chi connectivity index (χ4v) is 2.14. The van der Waals surface area contributed by atoms with E-state index in [9.17, 15) is 0 Å². The fourth-order valence-electron chi connectivity index (χ4n) is 1.17. The lowest BCUT2D eigenvalue weighted by atomic mass is 10.1. The molecule has 0 fully saturated rings. The third-order valence-electron chi connectivity index (χ3n) is 1.69. The number of hydrazine groups is 1. The van der Waals surface area contributed by atoms with Crippen molar-refractivity contribution in [2.45, 2.75) is 11.3 Å². The number of nitrogens with zero attached hydrogens (tertiary/aromatic N) is 1. The van der Waals surface area contributed by atoms with Crippen LogP contribution in [0.1, 0.15) is 0 Å². The van der Waals surface area contributed by atoms with Gasteiger partial charge in [0.25, 0.3) is 0 Å². The summed E-state index contributed by atoms with van der Waals surface area (Å²) in [6.07, 6.45) is 8.29. The number of fused-ring (bicyclic) bond motifs is 1. The second kappa shape index (κ2) is 2.71. The maximum atomic E-state index is 5.24. The summed E-state index contributed by atoms with van der Waals surface area (Å²) in [5.41, 5.74) is 2.57. The van der Waals surface area contributed by atoms with Crippen molar-refractivity contribution in [3.05, 3.63) is 24.3 Å². The molecule has 3 N–H and O–H groups in total. The van der Waals surface area contributed by atoms with Crippen molar-refractivity contribution in [3.8, 4) is 0 Å². The molecule has 0 aromatic rings. The molecule has 58 valence electrons. The first kappa shape index (κ1) is 6.94. The highest BCUT2D eigenvalue weighted by Gasteiger charge is 2.26. The summed E-state index contributed by atoms with van der Waals surface area (Å²) in [5.74, 6) is 5.24. The summed E-state index contributed by atoms with van der Waals surface area (Å²) in [7, 11) is 0. The lowest BCUT2D eigenvalue weighted by molar-refractivity contribution is 0.854. The Morgan fingerprint density at radius 3 is 3.00 bits per heavy atom. The van der Waals surface area contributed by atoms with Crippen molar-refractivity contribution in [3.63, 3.8) is 0 Å². The van der Waals surface area contributed by atoms with Gasteiger partial charge in [-0.25, -0.2) is 5.84 Å². The predicted octanol–water partition coefficient (Wildman–Crippen LogP) is 0.416. The number of hydrogen-bond donors (Lipinski definition) is 2. The number of nitrogens with two attached hydrogens (primary N) is 1. The summed E-state index contributed by atoms with van der Waals surface area (Å²) < 4.78 is 0. The summed E-state index contributed by atoms with van der Waals surface area (Å²) in [6.45, 7) is 0. The summed E-state index contributed by atoms with van der Waals surface area (Å²) in [4.78, 5) is 4.33. The zero-order valence-corrected chi connectivity index (χ0v) is 6.71. The Morgan fingerprint density at radius 1 is 1.45 bits per heavy atom. The number of nitrogens with one attached hydrogen (secondary N) is 1. The van der Waals surface area contributed by atoms with Crippen molar-refractivity contribution in [2.75, 3.05) is 0 Å². The molecule has 0 saturated heterocycles. The molecule has 11 heavy (non-hydrogen) atoms. The van der Waals surface area contributed by atoms with Crippen LogP contribution in [0.3, 0.4) is 0 Å². The molecule has 0 radical (unpaired) electrons. The molecule has 0 bridgehead atoms. The summed E-state index contributed by atoms with van der Waals surface area (Å²) >= 11 is 1.67. The molecule has 2 rings (SSSR count). The van der Waals surface area contributed by atoms with E-state index in [-0.39, 0.29) is 6.04 Å². The van der Waals surface area contributed by atoms with Gasteiger partial charge in [0.15, 0.2) is 5.17 Å². The van der Waals surface area contributed by atoms with E-state index in [1.165, 1.54) is 0 Å². The minimum absolute atomic E-state index is 0.288. The molecular weight excluding hydrogens is 158 g/mol. The number of allylic oxidation sites excluding steroid dienone is 2. The van der Waals surface area contributed by atoms with Gasteiger partial charge in [0.2, 0.25) is 0 Å². The third-order valence-corrected chi connectivity index (χ3v) is 2.85. The Kier molecular flexibility index (Phi) is 1.71. The fraction of sp³-hybridized carbons (Fsp3) is 0.286. The number of amidine groups is 1. The Balaban J connectivity index is 2.16. The van der Waals surface area contributed by atoms with E-state index in [1.54, 1.807) is 11.8 Å². The van der Waals surface area contributed by atoms with Crippen LogP contribution in [0.5, 0.6) is 0 Å². The maximum Gasteiger partial charge on any atom is 0.172 e. The normalized spacial score (nSPS) is 33.4. The SMILES string of the molecule is NNC1=NC2C=CC=CC2S1. The van der Waals surface area contributed by atoms with Gasteiger partial charge in [-0.2, -0.15) is 0 Å². The van der Waals surface area contributed by atoms with Crippen LogP contribution < -0.4 is 11.3 Å². The molecular formula is C7H9N3S. The van der Waals surface area contributed by atoms with E-state index in [0.717, 1.165) is 5.17 Å². The zero-order valence-electron chi connectivity index (χ0n) is 5.90. The molecule has 0 amide bonds. The van der Waals surface area contributed by atoms with E-state index in [1.807, 2.05) is 12.2 Å². The van der Waals surface area contributed by atoms with E-state index in [4.69, 9.17) is 5.84 Å². The minimum Gasteiger partial charge on any atom is -0.303 e. The molecule has 4 heteroatoms. The first-order chi connectivity index (χ1) is 5.40. The largest absolute Gasteiger partial charge is 0.303 e. The summed E-state index contributed by atoms with van der Waals surface area (Å²) in [5, 5.41) is 1.28. The van der Waals surface area contributed by atoms with Crippen LogP contribution >= 0.6 is 11.8 Å². The van der Waals surface area contributed by atoms with E-state index in [0.29, 0.717) is 5.25 Å². The zero-order chi connectivity index (χ0) is 7.68. The average Bonchev–Trinajstić information content (AvgIpc) is 2.46. The minimum atomic E-state index is 0.288. The lowest BCUT2D eigenvalue weighted by Gasteiger charge is -2.10. The smallest absolute Gasteiger partial charge is 0.172 e. The average molecular weight is 167 g/mol. The maximum absolute atomic E-state index is 5.24. The highest BCUT2D eigenvalue weighted by Crippen LogP contribution is 2.29. The molecule has 0 spiro atoms. The molecule has 2 atom stereocenters. The van der Waals surface area contributed by atoms with E-state index >= 15 is 0 Å². The van der Waals surface area contributed by atoms with Crippen LogP contribution in [0.25, 0.3) is 0 Å². The number of hydrogen-bond acceptors (Lipinski definition) is 4. The first-order valence-corrected chi connectivity index (χ1v) is 4.34. The van der Waals surface area contributed by atoms with Gasteiger partial charge in [0.1, 0.15) is 0 Å². The van der Waals surface area contributed by atoms with Crippen molar-refractivity contribution in [1.29, 1.82) is 0 Å². The quantitative estimate of drug-likeness (QED) is 0.406. The Bertz CT molecular complexity index is 244. The van der Waals surface area contributed by atoms with Crippen LogP contribution in [-0.2, 0) is 0 Å². The number of rotatable bonds is 0. The van der Waals surface area contributed by atoms with Crippen LogP contribution in [0, 0.1) is 0 Å². The van der Waals surface area contributed by atoms with Crippen molar-refractivity contribution in [1.82, 2.24) is 5.43 Å². The van der Waals surface area contributed by atoms with Crippen LogP contribution in [0.15, 0.2) is 29.3 Å². The van der Waals surface area contributed by atoms with Crippen LogP contribution in [0.2, 0.25) is 0 Å². The second-order valence-electron chi connectivity index (χ2n) is 2.42. The summed E-state index contributed by atoms with van der Waals surface area (Å²) in [6, 6.07) is 0.288. The Morgan fingerprint density at radius 2 is 2.27 bits per heavy atom. The highest BCUT2D eigenvalue weighted by atomic mass is 32.2. The third kappa shape index (κ3) is 1.19. The van der Waals surface area contributed by atoms with Gasteiger partial charge in [-0.05, 0) is 0 Å². The van der Waals surface area contributed by atoms with Crippen molar-refractivity contribution in [2.24, 2.45) is 10.8 Å². The van der Waals surface area contributed by atoms with Gasteiger partial charge in [-0.1, -0.05) is 36.1 Å². The molecule has 0 saturated carbocycles. The van der Waals surface area contributed by atoms with Crippen molar-refractivity contribution >= 4 is 16.9 Å². The lowest BCUT2D eigenvalue weighted by Crippen LogP contribution is -2.26. The molecule has 1 heterocycles.